The molecule has 5 rings (SSSR count). The van der Waals surface area contributed by atoms with Gasteiger partial charge in [0.1, 0.15) is 5.65 Å². The van der Waals surface area contributed by atoms with E-state index in [0.29, 0.717) is 0 Å². The van der Waals surface area contributed by atoms with E-state index in [1.807, 2.05) is 54.9 Å². The van der Waals surface area contributed by atoms with E-state index in [4.69, 9.17) is 0 Å². The van der Waals surface area contributed by atoms with Gasteiger partial charge in [-0.2, -0.15) is 0 Å². The number of aromatic nitrogens is 3. The first-order valence-electron chi connectivity index (χ1n) is 9.76. The van der Waals surface area contributed by atoms with E-state index in [-0.39, 0.29) is 0 Å². The summed E-state index contributed by atoms with van der Waals surface area (Å²) in [5, 5.41) is 11.3. The molecule has 1 unspecified atom stereocenters. The molecule has 0 aliphatic heterocycles. The van der Waals surface area contributed by atoms with Gasteiger partial charge in [-0.25, -0.2) is 4.98 Å². The van der Waals surface area contributed by atoms with Gasteiger partial charge in [0.25, 0.3) is 0 Å². The molecule has 0 bridgehead atoms. The van der Waals surface area contributed by atoms with E-state index in [9.17, 15) is 9.90 Å². The van der Waals surface area contributed by atoms with Gasteiger partial charge in [-0.15, -0.1) is 0 Å². The molecule has 3 heterocycles. The van der Waals surface area contributed by atoms with E-state index in [1.165, 1.54) is 0 Å². The molecule has 146 valence electrons. The van der Waals surface area contributed by atoms with Crippen LogP contribution in [0.3, 0.4) is 0 Å². The predicted octanol–water partition coefficient (Wildman–Crippen LogP) is 5.63. The number of pyridine rings is 2. The van der Waals surface area contributed by atoms with Crippen molar-refractivity contribution in [1.82, 2.24) is 15.0 Å². The number of nitrogens with zero attached hydrogens (tertiary/aromatic N) is 2. The fourth-order valence-electron chi connectivity index (χ4n) is 3.84. The number of H-pyrrole nitrogens is 1. The zero-order chi connectivity index (χ0) is 20.7. The van der Waals surface area contributed by atoms with Crippen molar-refractivity contribution in [3.8, 4) is 22.3 Å². The maximum atomic E-state index is 11.2. The third-order valence-corrected chi connectivity index (χ3v) is 5.58. The van der Waals surface area contributed by atoms with Gasteiger partial charge >= 0.3 is 5.97 Å². The molecule has 0 saturated heterocycles. The smallest absolute Gasteiger partial charge is 0.310 e. The van der Waals surface area contributed by atoms with Crippen LogP contribution in [0.5, 0.6) is 0 Å². The minimum Gasteiger partial charge on any atom is -0.481 e. The summed E-state index contributed by atoms with van der Waals surface area (Å²) in [4.78, 5) is 23.6. The number of rotatable bonds is 4. The first kappa shape index (κ1) is 18.1. The third-order valence-electron chi connectivity index (χ3n) is 5.58. The highest BCUT2D eigenvalue weighted by Gasteiger charge is 2.15. The highest BCUT2D eigenvalue weighted by atomic mass is 16.4. The van der Waals surface area contributed by atoms with E-state index in [0.717, 1.165) is 49.8 Å². The highest BCUT2D eigenvalue weighted by molar-refractivity contribution is 6.00. The Labute approximate surface area is 173 Å². The SMILES string of the molecule is CC(C(=O)O)c1ccc(-c2c[nH]c3ncc(-c4cccc5ncccc45)cc23)cc1. The Morgan fingerprint density at radius 2 is 1.77 bits per heavy atom. The van der Waals surface area contributed by atoms with Gasteiger partial charge in [-0.3, -0.25) is 9.78 Å². The Morgan fingerprint density at radius 1 is 0.933 bits per heavy atom. The van der Waals surface area contributed by atoms with Crippen LogP contribution in [0.4, 0.5) is 0 Å². The number of nitrogens with one attached hydrogen (secondary N) is 1. The second kappa shape index (κ2) is 7.12. The molecule has 0 saturated carbocycles. The van der Waals surface area contributed by atoms with E-state index >= 15 is 0 Å². The van der Waals surface area contributed by atoms with Crippen LogP contribution in [0, 0.1) is 0 Å². The monoisotopic (exact) mass is 393 g/mol. The quantitative estimate of drug-likeness (QED) is 0.414. The molecular formula is C25H19N3O2. The van der Waals surface area contributed by atoms with Crippen LogP contribution in [0.15, 0.2) is 79.3 Å². The Kier molecular flexibility index (Phi) is 4.29. The largest absolute Gasteiger partial charge is 0.481 e. The van der Waals surface area contributed by atoms with E-state index in [1.54, 1.807) is 13.1 Å². The van der Waals surface area contributed by atoms with Crippen molar-refractivity contribution in [2.45, 2.75) is 12.8 Å². The second-order valence-corrected chi connectivity index (χ2v) is 7.38. The minimum atomic E-state index is -0.826. The Hall–Kier alpha value is -3.99. The average Bonchev–Trinajstić information content (AvgIpc) is 3.21. The van der Waals surface area contributed by atoms with Crippen molar-refractivity contribution < 1.29 is 9.90 Å². The second-order valence-electron chi connectivity index (χ2n) is 7.38. The zero-order valence-corrected chi connectivity index (χ0v) is 16.3. The summed E-state index contributed by atoms with van der Waals surface area (Å²) < 4.78 is 0. The van der Waals surface area contributed by atoms with Crippen molar-refractivity contribution in [2.75, 3.05) is 0 Å². The molecule has 3 aromatic heterocycles. The van der Waals surface area contributed by atoms with Crippen molar-refractivity contribution in [2.24, 2.45) is 0 Å². The number of carboxylic acids is 1. The predicted molar refractivity (Wildman–Crippen MR) is 118 cm³/mol. The topological polar surface area (TPSA) is 78.9 Å². The average molecular weight is 393 g/mol. The van der Waals surface area contributed by atoms with Gasteiger partial charge in [0.2, 0.25) is 0 Å². The molecule has 0 fully saturated rings. The lowest BCUT2D eigenvalue weighted by atomic mass is 9.96. The molecule has 5 heteroatoms. The molecule has 5 nitrogen and oxygen atoms in total. The summed E-state index contributed by atoms with van der Waals surface area (Å²) in [7, 11) is 0. The fourth-order valence-corrected chi connectivity index (χ4v) is 3.84. The lowest BCUT2D eigenvalue weighted by Gasteiger charge is -2.08. The summed E-state index contributed by atoms with van der Waals surface area (Å²) >= 11 is 0. The molecule has 0 spiro atoms. The van der Waals surface area contributed by atoms with Crippen LogP contribution in [0.1, 0.15) is 18.4 Å². The first-order chi connectivity index (χ1) is 14.6. The highest BCUT2D eigenvalue weighted by Crippen LogP contribution is 2.33. The summed E-state index contributed by atoms with van der Waals surface area (Å²) in [6.45, 7) is 1.69. The Morgan fingerprint density at radius 3 is 2.57 bits per heavy atom. The van der Waals surface area contributed by atoms with Crippen molar-refractivity contribution in [3.05, 3.63) is 84.8 Å². The molecule has 2 aromatic carbocycles. The van der Waals surface area contributed by atoms with Gasteiger partial charge in [-0.1, -0.05) is 42.5 Å². The molecule has 0 aliphatic carbocycles. The molecule has 30 heavy (non-hydrogen) atoms. The van der Waals surface area contributed by atoms with Gasteiger partial charge in [0, 0.05) is 40.5 Å². The van der Waals surface area contributed by atoms with Crippen LogP contribution in [-0.2, 0) is 4.79 Å². The number of hydrogen-bond donors (Lipinski definition) is 2. The summed E-state index contributed by atoms with van der Waals surface area (Å²) in [6.07, 6.45) is 5.62. The van der Waals surface area contributed by atoms with Crippen LogP contribution < -0.4 is 0 Å². The number of fused-ring (bicyclic) bond motifs is 2. The normalized spacial score (nSPS) is 12.3. The number of aromatic amines is 1. The Bertz CT molecular complexity index is 1380. The van der Waals surface area contributed by atoms with Crippen LogP contribution in [0.25, 0.3) is 44.2 Å². The van der Waals surface area contributed by atoms with Crippen LogP contribution in [-0.4, -0.2) is 26.0 Å². The van der Waals surface area contributed by atoms with Gasteiger partial charge < -0.3 is 10.1 Å². The lowest BCUT2D eigenvalue weighted by molar-refractivity contribution is -0.138. The molecular weight excluding hydrogens is 374 g/mol. The van der Waals surface area contributed by atoms with E-state index in [2.05, 4.69) is 33.2 Å². The number of aliphatic carboxylic acids is 1. The number of carboxylic acid groups (broad SMARTS) is 1. The maximum Gasteiger partial charge on any atom is 0.310 e. The fraction of sp³-hybridized carbons (Fsp3) is 0.0800. The molecule has 0 aliphatic rings. The summed E-state index contributed by atoms with van der Waals surface area (Å²) in [6, 6.07) is 19.9. The third kappa shape index (κ3) is 3.01. The Balaban J connectivity index is 1.61. The molecule has 1 atom stereocenters. The molecule has 0 amide bonds. The van der Waals surface area contributed by atoms with Crippen LogP contribution >= 0.6 is 0 Å². The minimum absolute atomic E-state index is 0.532. The number of hydrogen-bond acceptors (Lipinski definition) is 3. The number of carbonyl (C=O) groups is 1. The first-order valence-corrected chi connectivity index (χ1v) is 9.76. The van der Waals surface area contributed by atoms with Crippen LogP contribution in [0.2, 0.25) is 0 Å². The van der Waals surface area contributed by atoms with E-state index < -0.39 is 11.9 Å². The molecule has 2 N–H and O–H groups in total. The van der Waals surface area contributed by atoms with Gasteiger partial charge in [0.15, 0.2) is 0 Å². The van der Waals surface area contributed by atoms with Gasteiger partial charge in [0.05, 0.1) is 11.4 Å². The zero-order valence-electron chi connectivity index (χ0n) is 16.3. The maximum absolute atomic E-state index is 11.2. The summed E-state index contributed by atoms with van der Waals surface area (Å²) in [5.41, 5.74) is 6.72. The van der Waals surface area contributed by atoms with Crippen molar-refractivity contribution in [1.29, 1.82) is 0 Å². The number of benzene rings is 2. The van der Waals surface area contributed by atoms with Crippen molar-refractivity contribution >= 4 is 27.9 Å². The molecule has 0 radical (unpaired) electrons. The van der Waals surface area contributed by atoms with Gasteiger partial charge in [-0.05, 0) is 41.8 Å². The standard InChI is InChI=1S/C25H19N3O2/c1-15(25(29)30)16-7-9-17(10-8-16)22-14-28-24-21(22)12-18(13-27-24)19-4-2-6-23-20(19)5-3-11-26-23/h2-15H,1H3,(H,27,28)(H,29,30). The summed E-state index contributed by atoms with van der Waals surface area (Å²) in [5.74, 6) is -1.36. The molecule has 5 aromatic rings. The van der Waals surface area contributed by atoms with Crippen molar-refractivity contribution in [3.63, 3.8) is 0 Å². The lowest BCUT2D eigenvalue weighted by Crippen LogP contribution is -2.06.